The number of hydrazone groups is 1. The van der Waals surface area contributed by atoms with E-state index < -0.39 is 0 Å². The number of fused-ring (bicyclic) bond motifs is 1. The van der Waals surface area contributed by atoms with Crippen molar-refractivity contribution >= 4 is 80.2 Å². The second kappa shape index (κ2) is 11.2. The molecule has 0 aliphatic heterocycles. The van der Waals surface area contributed by atoms with Crippen molar-refractivity contribution in [1.82, 2.24) is 10.4 Å². The predicted molar refractivity (Wildman–Crippen MR) is 138 cm³/mol. The van der Waals surface area contributed by atoms with Crippen molar-refractivity contribution < 1.29 is 9.53 Å². The molecular weight excluding hydrogens is 521 g/mol. The third kappa shape index (κ3) is 6.62. The Balaban J connectivity index is 1.30. The number of nitrogens with zero attached hydrogens (tertiary/aromatic N) is 2. The van der Waals surface area contributed by atoms with E-state index in [9.17, 15) is 4.79 Å². The standard InChI is InChI=1S/C23H16Cl3N3O2S2/c24-16-7-5-14(6-8-16)12-31-22-17(25)9-15(10-18(22)26)11-27-29-21(30)13-32-23-28-19-3-1-2-4-20(19)33-23/h1-11H,12-13H2,(H,29,30)/b27-11-. The van der Waals surface area contributed by atoms with Crippen molar-refractivity contribution in [1.29, 1.82) is 0 Å². The Labute approximate surface area is 213 Å². The van der Waals surface area contributed by atoms with Gasteiger partial charge in [-0.05, 0) is 47.5 Å². The average Bonchev–Trinajstić information content (AvgIpc) is 3.21. The second-order valence-corrected chi connectivity index (χ2v) is 10.3. The molecule has 0 radical (unpaired) electrons. The Kier molecular flexibility index (Phi) is 8.11. The number of para-hydroxylation sites is 1. The van der Waals surface area contributed by atoms with Gasteiger partial charge in [-0.3, -0.25) is 4.79 Å². The topological polar surface area (TPSA) is 63.6 Å². The predicted octanol–water partition coefficient (Wildman–Crippen LogP) is 7.08. The zero-order valence-corrected chi connectivity index (χ0v) is 20.8. The number of ether oxygens (including phenoxy) is 1. The van der Waals surface area contributed by atoms with E-state index in [1.54, 1.807) is 35.6 Å². The van der Waals surface area contributed by atoms with Crippen LogP contribution in [0.15, 0.2) is 70.1 Å². The van der Waals surface area contributed by atoms with Crippen molar-refractivity contribution in [3.05, 3.63) is 86.9 Å². The van der Waals surface area contributed by atoms with Gasteiger partial charge in [0.1, 0.15) is 6.61 Å². The second-order valence-electron chi connectivity index (χ2n) is 6.76. The lowest BCUT2D eigenvalue weighted by atomic mass is 10.2. The molecule has 168 valence electrons. The Bertz CT molecular complexity index is 1250. The van der Waals surface area contributed by atoms with E-state index in [2.05, 4.69) is 15.5 Å². The van der Waals surface area contributed by atoms with Crippen LogP contribution in [0.1, 0.15) is 11.1 Å². The molecule has 3 aromatic carbocycles. The summed E-state index contributed by atoms with van der Waals surface area (Å²) >= 11 is 21.5. The van der Waals surface area contributed by atoms with Gasteiger partial charge in [-0.15, -0.1) is 11.3 Å². The number of nitrogens with one attached hydrogen (secondary N) is 1. The van der Waals surface area contributed by atoms with Crippen LogP contribution in [-0.4, -0.2) is 22.9 Å². The normalized spacial score (nSPS) is 11.2. The molecular formula is C23H16Cl3N3O2S2. The molecule has 0 spiro atoms. The largest absolute Gasteiger partial charge is 0.486 e. The lowest BCUT2D eigenvalue weighted by Gasteiger charge is -2.11. The number of benzene rings is 3. The number of thiazole rings is 1. The molecule has 0 bridgehead atoms. The molecule has 4 rings (SSSR count). The first-order valence-electron chi connectivity index (χ1n) is 9.64. The first-order chi connectivity index (χ1) is 16.0. The molecule has 10 heteroatoms. The maximum absolute atomic E-state index is 12.1. The summed E-state index contributed by atoms with van der Waals surface area (Å²) in [6.07, 6.45) is 1.47. The monoisotopic (exact) mass is 535 g/mol. The molecule has 0 aliphatic carbocycles. The van der Waals surface area contributed by atoms with Gasteiger partial charge in [-0.2, -0.15) is 5.10 Å². The van der Waals surface area contributed by atoms with Gasteiger partial charge in [0.15, 0.2) is 10.1 Å². The highest BCUT2D eigenvalue weighted by molar-refractivity contribution is 8.01. The number of carbonyl (C=O) groups excluding carboxylic acids is 1. The number of rotatable bonds is 8. The summed E-state index contributed by atoms with van der Waals surface area (Å²) in [7, 11) is 0. The smallest absolute Gasteiger partial charge is 0.250 e. The first-order valence-corrected chi connectivity index (χ1v) is 12.6. The third-order valence-corrected chi connectivity index (χ3v) is 7.31. The molecule has 1 N–H and O–H groups in total. The van der Waals surface area contributed by atoms with Gasteiger partial charge in [-0.1, -0.05) is 70.8 Å². The summed E-state index contributed by atoms with van der Waals surface area (Å²) in [5, 5.41) is 5.32. The SMILES string of the molecule is O=C(CSc1nc2ccccc2s1)N/N=C\c1cc(Cl)c(OCc2ccc(Cl)cc2)c(Cl)c1. The van der Waals surface area contributed by atoms with E-state index in [0.717, 1.165) is 20.1 Å². The molecule has 1 aromatic heterocycles. The maximum Gasteiger partial charge on any atom is 0.250 e. The van der Waals surface area contributed by atoms with Crippen LogP contribution in [0.2, 0.25) is 15.1 Å². The molecule has 1 heterocycles. The average molecular weight is 537 g/mol. The molecule has 5 nitrogen and oxygen atoms in total. The Hall–Kier alpha value is -2.29. The number of hydrogen-bond donors (Lipinski definition) is 1. The number of amides is 1. The highest BCUT2D eigenvalue weighted by Crippen LogP contribution is 2.34. The van der Waals surface area contributed by atoms with E-state index in [1.807, 2.05) is 36.4 Å². The fraction of sp³-hybridized carbons (Fsp3) is 0.0870. The minimum atomic E-state index is -0.240. The lowest BCUT2D eigenvalue weighted by molar-refractivity contribution is -0.118. The minimum Gasteiger partial charge on any atom is -0.486 e. The minimum absolute atomic E-state index is 0.205. The Morgan fingerprint density at radius 1 is 1.09 bits per heavy atom. The van der Waals surface area contributed by atoms with E-state index in [4.69, 9.17) is 39.5 Å². The van der Waals surface area contributed by atoms with Gasteiger partial charge in [0, 0.05) is 5.02 Å². The maximum atomic E-state index is 12.1. The van der Waals surface area contributed by atoms with E-state index >= 15 is 0 Å². The van der Waals surface area contributed by atoms with Crippen molar-refractivity contribution in [3.8, 4) is 5.75 Å². The Morgan fingerprint density at radius 3 is 2.55 bits per heavy atom. The summed E-state index contributed by atoms with van der Waals surface area (Å²) in [6, 6.07) is 18.5. The molecule has 0 saturated heterocycles. The van der Waals surface area contributed by atoms with E-state index in [0.29, 0.717) is 33.0 Å². The highest BCUT2D eigenvalue weighted by Gasteiger charge is 2.10. The fourth-order valence-corrected chi connectivity index (χ4v) is 5.38. The van der Waals surface area contributed by atoms with Crippen LogP contribution in [0.25, 0.3) is 10.2 Å². The van der Waals surface area contributed by atoms with E-state index in [1.165, 1.54) is 18.0 Å². The van der Waals surface area contributed by atoms with Crippen LogP contribution in [-0.2, 0) is 11.4 Å². The van der Waals surface area contributed by atoms with Crippen molar-refractivity contribution in [2.45, 2.75) is 10.9 Å². The molecule has 4 aromatic rings. The summed E-state index contributed by atoms with van der Waals surface area (Å²) in [6.45, 7) is 0.298. The summed E-state index contributed by atoms with van der Waals surface area (Å²) in [5.74, 6) is 0.341. The molecule has 0 aliphatic rings. The number of carbonyl (C=O) groups is 1. The summed E-state index contributed by atoms with van der Waals surface area (Å²) in [5.41, 5.74) is 4.99. The number of halogens is 3. The molecule has 0 unspecified atom stereocenters. The van der Waals surface area contributed by atoms with Crippen molar-refractivity contribution in [3.63, 3.8) is 0 Å². The van der Waals surface area contributed by atoms with Crippen molar-refractivity contribution in [2.24, 2.45) is 5.10 Å². The molecule has 1 amide bonds. The van der Waals surface area contributed by atoms with Gasteiger partial charge in [0.05, 0.1) is 32.2 Å². The van der Waals surface area contributed by atoms with Gasteiger partial charge < -0.3 is 4.74 Å². The van der Waals surface area contributed by atoms with Crippen LogP contribution < -0.4 is 10.2 Å². The van der Waals surface area contributed by atoms with E-state index in [-0.39, 0.29) is 11.7 Å². The van der Waals surface area contributed by atoms with Gasteiger partial charge >= 0.3 is 0 Å². The van der Waals surface area contributed by atoms with Crippen molar-refractivity contribution in [2.75, 3.05) is 5.75 Å². The summed E-state index contributed by atoms with van der Waals surface area (Å²) < 4.78 is 7.68. The zero-order valence-electron chi connectivity index (χ0n) is 16.9. The van der Waals surface area contributed by atoms with Gasteiger partial charge in [0.2, 0.25) is 0 Å². The molecule has 33 heavy (non-hydrogen) atoms. The lowest BCUT2D eigenvalue weighted by Crippen LogP contribution is -2.19. The molecule has 0 fully saturated rings. The quantitative estimate of drug-likeness (QED) is 0.148. The Morgan fingerprint density at radius 2 is 1.82 bits per heavy atom. The first kappa shape index (κ1) is 23.9. The third-order valence-electron chi connectivity index (χ3n) is 4.32. The van der Waals surface area contributed by atoms with Crippen LogP contribution >= 0.6 is 57.9 Å². The van der Waals surface area contributed by atoms with Gasteiger partial charge in [0.25, 0.3) is 5.91 Å². The molecule has 0 atom stereocenters. The number of thioether (sulfide) groups is 1. The number of hydrogen-bond acceptors (Lipinski definition) is 6. The van der Waals surface area contributed by atoms with Crippen LogP contribution in [0.3, 0.4) is 0 Å². The number of aromatic nitrogens is 1. The zero-order chi connectivity index (χ0) is 23.2. The summed E-state index contributed by atoms with van der Waals surface area (Å²) in [4.78, 5) is 16.6. The van der Waals surface area contributed by atoms with Gasteiger partial charge in [-0.25, -0.2) is 10.4 Å². The fourth-order valence-electron chi connectivity index (χ4n) is 2.78. The van der Waals surface area contributed by atoms with Crippen LogP contribution in [0.4, 0.5) is 0 Å². The van der Waals surface area contributed by atoms with Crippen LogP contribution in [0.5, 0.6) is 5.75 Å². The molecule has 0 saturated carbocycles. The highest BCUT2D eigenvalue weighted by atomic mass is 35.5. The van der Waals surface area contributed by atoms with Crippen LogP contribution in [0, 0.1) is 0 Å².